The van der Waals surface area contributed by atoms with Crippen molar-refractivity contribution in [3.63, 3.8) is 0 Å². The van der Waals surface area contributed by atoms with Gasteiger partial charge in [0.05, 0.1) is 29.3 Å². The average molecular weight is 379 g/mol. The van der Waals surface area contributed by atoms with Gasteiger partial charge in [0.2, 0.25) is 5.91 Å². The van der Waals surface area contributed by atoms with Crippen molar-refractivity contribution in [3.8, 4) is 0 Å². The predicted molar refractivity (Wildman–Crippen MR) is 101 cm³/mol. The van der Waals surface area contributed by atoms with Crippen LogP contribution < -0.4 is 4.90 Å². The summed E-state index contributed by atoms with van der Waals surface area (Å²) in [6.45, 7) is 0. The molecular weight excluding hydrogens is 360 g/mol. The second-order valence-electron chi connectivity index (χ2n) is 8.29. The Labute approximate surface area is 160 Å². The molecule has 2 aliphatic carbocycles. The topological polar surface area (TPSA) is 49.0 Å². The van der Waals surface area contributed by atoms with Gasteiger partial charge in [0, 0.05) is 11.3 Å². The SMILES string of the molecule is O=C1C(C2CC2)[C@@H](c2c(F)cc(C3CC3)cc2F)N1c1ccc2nc[nH]c2c1. The summed E-state index contributed by atoms with van der Waals surface area (Å²) in [6, 6.07) is 7.79. The molecule has 0 radical (unpaired) electrons. The lowest BCUT2D eigenvalue weighted by atomic mass is 9.78. The number of carbonyl (C=O) groups is 1. The van der Waals surface area contributed by atoms with Crippen LogP contribution in [-0.4, -0.2) is 15.9 Å². The van der Waals surface area contributed by atoms with Crippen molar-refractivity contribution in [2.24, 2.45) is 11.8 Å². The number of anilines is 1. The molecule has 2 saturated carbocycles. The summed E-state index contributed by atoms with van der Waals surface area (Å²) >= 11 is 0. The highest BCUT2D eigenvalue weighted by Crippen LogP contribution is 2.55. The molecule has 6 rings (SSSR count). The number of aromatic amines is 1. The number of rotatable bonds is 4. The predicted octanol–water partition coefficient (Wildman–Crippen LogP) is 4.83. The van der Waals surface area contributed by atoms with Crippen LogP contribution in [0.4, 0.5) is 14.5 Å². The van der Waals surface area contributed by atoms with Gasteiger partial charge in [0.1, 0.15) is 11.6 Å². The van der Waals surface area contributed by atoms with Crippen molar-refractivity contribution >= 4 is 22.6 Å². The molecule has 1 saturated heterocycles. The minimum absolute atomic E-state index is 0.0330. The molecular formula is C22H19F2N3O. The van der Waals surface area contributed by atoms with Gasteiger partial charge in [0.25, 0.3) is 0 Å². The summed E-state index contributed by atoms with van der Waals surface area (Å²) in [7, 11) is 0. The monoisotopic (exact) mass is 379 g/mol. The molecule has 3 aliphatic rings. The molecule has 1 unspecified atom stereocenters. The zero-order valence-corrected chi connectivity index (χ0v) is 15.2. The van der Waals surface area contributed by atoms with Crippen molar-refractivity contribution in [2.75, 3.05) is 4.90 Å². The Morgan fingerprint density at radius 3 is 2.46 bits per heavy atom. The van der Waals surface area contributed by atoms with Gasteiger partial charge in [-0.05, 0) is 73.4 Å². The van der Waals surface area contributed by atoms with E-state index in [-0.39, 0.29) is 29.2 Å². The van der Waals surface area contributed by atoms with Crippen LogP contribution in [0.2, 0.25) is 0 Å². The maximum atomic E-state index is 15.1. The van der Waals surface area contributed by atoms with Gasteiger partial charge in [-0.2, -0.15) is 0 Å². The first-order valence-corrected chi connectivity index (χ1v) is 9.87. The number of H-pyrrole nitrogens is 1. The number of hydrogen-bond donors (Lipinski definition) is 1. The maximum absolute atomic E-state index is 15.1. The van der Waals surface area contributed by atoms with Gasteiger partial charge in [-0.3, -0.25) is 4.79 Å². The highest BCUT2D eigenvalue weighted by atomic mass is 19.1. The number of halogens is 2. The molecule has 142 valence electrons. The van der Waals surface area contributed by atoms with E-state index in [1.54, 1.807) is 17.3 Å². The first-order chi connectivity index (χ1) is 13.6. The second kappa shape index (κ2) is 5.63. The minimum atomic E-state index is -0.589. The molecule has 28 heavy (non-hydrogen) atoms. The molecule has 3 aromatic rings. The number of hydrogen-bond acceptors (Lipinski definition) is 2. The van der Waals surface area contributed by atoms with Crippen LogP contribution in [0, 0.1) is 23.5 Å². The van der Waals surface area contributed by atoms with Crippen LogP contribution in [0.3, 0.4) is 0 Å². The average Bonchev–Trinajstić information content (AvgIpc) is 3.59. The summed E-state index contributed by atoms with van der Waals surface area (Å²) < 4.78 is 30.1. The third-order valence-corrected chi connectivity index (χ3v) is 6.40. The molecule has 6 heteroatoms. The molecule has 2 aromatic carbocycles. The summed E-state index contributed by atoms with van der Waals surface area (Å²) in [5.74, 6) is -0.939. The highest BCUT2D eigenvalue weighted by Gasteiger charge is 2.56. The van der Waals surface area contributed by atoms with Crippen molar-refractivity contribution in [1.29, 1.82) is 0 Å². The Balaban J connectivity index is 1.45. The van der Waals surface area contributed by atoms with E-state index in [2.05, 4.69) is 9.97 Å². The maximum Gasteiger partial charge on any atom is 0.233 e. The van der Waals surface area contributed by atoms with Crippen molar-refractivity contribution < 1.29 is 13.6 Å². The summed E-state index contributed by atoms with van der Waals surface area (Å²) in [5.41, 5.74) is 3.00. The summed E-state index contributed by atoms with van der Waals surface area (Å²) in [5, 5.41) is 0. The number of β-lactam (4-membered cyclic amide) rings is 1. The largest absolute Gasteiger partial charge is 0.345 e. The standard InChI is InChI=1S/C22H19F2N3O/c23-15-7-13(11-1-2-11)8-16(24)20(15)21-19(12-3-4-12)22(28)27(21)14-5-6-17-18(9-14)26-10-25-17/h5-12,19,21H,1-4H2,(H,25,26)/t19?,21-/m0/s1. The highest BCUT2D eigenvalue weighted by molar-refractivity contribution is 6.04. The molecule has 2 heterocycles. The van der Waals surface area contributed by atoms with Crippen LogP contribution in [0.5, 0.6) is 0 Å². The fourth-order valence-electron chi connectivity index (χ4n) is 4.63. The van der Waals surface area contributed by atoms with E-state index in [1.165, 1.54) is 12.1 Å². The summed E-state index contributed by atoms with van der Waals surface area (Å²) in [6.07, 6.45) is 5.46. The van der Waals surface area contributed by atoms with Gasteiger partial charge in [-0.15, -0.1) is 0 Å². The van der Waals surface area contributed by atoms with Gasteiger partial charge in [-0.1, -0.05) is 0 Å². The number of benzene rings is 2. The van der Waals surface area contributed by atoms with E-state index in [0.717, 1.165) is 42.3 Å². The molecule has 1 amide bonds. The van der Waals surface area contributed by atoms with Crippen LogP contribution in [0.1, 0.15) is 48.8 Å². The van der Waals surface area contributed by atoms with E-state index in [0.29, 0.717) is 5.69 Å². The smallest absolute Gasteiger partial charge is 0.233 e. The van der Waals surface area contributed by atoms with Gasteiger partial charge < -0.3 is 9.88 Å². The summed E-state index contributed by atoms with van der Waals surface area (Å²) in [4.78, 5) is 21.7. The quantitative estimate of drug-likeness (QED) is 0.660. The van der Waals surface area contributed by atoms with E-state index in [9.17, 15) is 4.79 Å². The first-order valence-electron chi connectivity index (χ1n) is 9.87. The Bertz CT molecular complexity index is 1090. The van der Waals surface area contributed by atoms with Gasteiger partial charge in [-0.25, -0.2) is 13.8 Å². The molecule has 1 N–H and O–H groups in total. The number of amides is 1. The Morgan fingerprint density at radius 2 is 1.79 bits per heavy atom. The van der Waals surface area contributed by atoms with Crippen molar-refractivity contribution in [2.45, 2.75) is 37.6 Å². The normalized spacial score (nSPS) is 24.6. The van der Waals surface area contributed by atoms with Gasteiger partial charge in [0.15, 0.2) is 0 Å². The molecule has 2 atom stereocenters. The van der Waals surface area contributed by atoms with Crippen LogP contribution >= 0.6 is 0 Å². The fraction of sp³-hybridized carbons (Fsp3) is 0.364. The Hall–Kier alpha value is -2.76. The van der Waals surface area contributed by atoms with Gasteiger partial charge >= 0.3 is 0 Å². The first kappa shape index (κ1) is 16.2. The van der Waals surface area contributed by atoms with Crippen molar-refractivity contribution in [3.05, 3.63) is 59.4 Å². The molecule has 3 fully saturated rings. The number of aromatic nitrogens is 2. The van der Waals surface area contributed by atoms with Crippen LogP contribution in [0.15, 0.2) is 36.7 Å². The molecule has 1 aliphatic heterocycles. The number of nitrogens with one attached hydrogen (secondary N) is 1. The van der Waals surface area contributed by atoms with Crippen LogP contribution in [-0.2, 0) is 4.79 Å². The van der Waals surface area contributed by atoms with E-state index >= 15 is 8.78 Å². The zero-order valence-electron chi connectivity index (χ0n) is 15.2. The molecule has 0 bridgehead atoms. The Morgan fingerprint density at radius 1 is 1.04 bits per heavy atom. The van der Waals surface area contributed by atoms with Crippen molar-refractivity contribution in [1.82, 2.24) is 9.97 Å². The van der Waals surface area contributed by atoms with E-state index < -0.39 is 17.7 Å². The molecule has 1 aromatic heterocycles. The third-order valence-electron chi connectivity index (χ3n) is 6.40. The second-order valence-corrected chi connectivity index (χ2v) is 8.29. The minimum Gasteiger partial charge on any atom is -0.345 e. The third kappa shape index (κ3) is 2.33. The van der Waals surface area contributed by atoms with Crippen LogP contribution in [0.25, 0.3) is 11.0 Å². The number of imidazole rings is 1. The lowest BCUT2D eigenvalue weighted by molar-refractivity contribution is -0.131. The fourth-order valence-corrected chi connectivity index (χ4v) is 4.63. The zero-order chi connectivity index (χ0) is 19.0. The molecule has 0 spiro atoms. The van der Waals surface area contributed by atoms with E-state index in [1.807, 2.05) is 12.1 Å². The molecule has 4 nitrogen and oxygen atoms in total. The lowest BCUT2D eigenvalue weighted by Crippen LogP contribution is -2.56. The number of carbonyl (C=O) groups excluding carboxylic acids is 1. The Kier molecular flexibility index (Phi) is 3.26. The van der Waals surface area contributed by atoms with E-state index in [4.69, 9.17) is 0 Å². The number of nitrogens with zero attached hydrogens (tertiary/aromatic N) is 2. The lowest BCUT2D eigenvalue weighted by Gasteiger charge is -2.48. The number of fused-ring (bicyclic) bond motifs is 1.